The van der Waals surface area contributed by atoms with Gasteiger partial charge < -0.3 is 20.1 Å². The highest BCUT2D eigenvalue weighted by Gasteiger charge is 2.14. The molecule has 2 N–H and O–H groups in total. The fraction of sp³-hybridized carbons (Fsp3) is 0.263. The molecule has 0 aromatic heterocycles. The van der Waals surface area contributed by atoms with Gasteiger partial charge in [0.15, 0.2) is 5.75 Å². The van der Waals surface area contributed by atoms with E-state index in [4.69, 9.17) is 9.84 Å². The summed E-state index contributed by atoms with van der Waals surface area (Å²) < 4.78 is 6.02. The summed E-state index contributed by atoms with van der Waals surface area (Å²) in [5.41, 5.74) is 2.52. The van der Waals surface area contributed by atoms with Crippen LogP contribution in [0, 0.1) is 13.8 Å². The molecule has 2 aromatic rings. The SMILES string of the molecule is Cc1cccc(C)c1Oc1ccccc1NC(=O)N(C)CCC(=O)O. The molecule has 0 spiro atoms. The van der Waals surface area contributed by atoms with Crippen LogP contribution in [0.15, 0.2) is 42.5 Å². The Morgan fingerprint density at radius 1 is 1.08 bits per heavy atom. The van der Waals surface area contributed by atoms with Gasteiger partial charge in [0.1, 0.15) is 5.75 Å². The van der Waals surface area contributed by atoms with Gasteiger partial charge in [0.05, 0.1) is 12.1 Å². The molecule has 0 atom stereocenters. The minimum atomic E-state index is -0.946. The number of para-hydroxylation sites is 3. The van der Waals surface area contributed by atoms with Crippen LogP contribution >= 0.6 is 0 Å². The Morgan fingerprint density at radius 3 is 2.36 bits per heavy atom. The maximum Gasteiger partial charge on any atom is 0.321 e. The number of rotatable bonds is 6. The van der Waals surface area contributed by atoms with Crippen molar-refractivity contribution in [3.8, 4) is 11.5 Å². The number of urea groups is 1. The van der Waals surface area contributed by atoms with E-state index in [1.807, 2.05) is 38.1 Å². The van der Waals surface area contributed by atoms with Crippen LogP contribution in [0.4, 0.5) is 10.5 Å². The number of aliphatic carboxylic acids is 1. The fourth-order valence-corrected chi connectivity index (χ4v) is 2.30. The van der Waals surface area contributed by atoms with Crippen molar-refractivity contribution < 1.29 is 19.4 Å². The lowest BCUT2D eigenvalue weighted by atomic mass is 10.1. The first-order valence-electron chi connectivity index (χ1n) is 7.95. The van der Waals surface area contributed by atoms with Crippen molar-refractivity contribution in [3.63, 3.8) is 0 Å². The highest BCUT2D eigenvalue weighted by atomic mass is 16.5. The Balaban J connectivity index is 2.15. The molecule has 6 nitrogen and oxygen atoms in total. The summed E-state index contributed by atoms with van der Waals surface area (Å²) >= 11 is 0. The van der Waals surface area contributed by atoms with Crippen molar-refractivity contribution in [2.24, 2.45) is 0 Å². The molecule has 0 fully saturated rings. The number of benzene rings is 2. The highest BCUT2D eigenvalue weighted by Crippen LogP contribution is 2.33. The van der Waals surface area contributed by atoms with Crippen LogP contribution < -0.4 is 10.1 Å². The van der Waals surface area contributed by atoms with Crippen LogP contribution in [-0.4, -0.2) is 35.6 Å². The number of carbonyl (C=O) groups is 2. The van der Waals surface area contributed by atoms with Crippen molar-refractivity contribution in [2.45, 2.75) is 20.3 Å². The molecule has 0 aliphatic rings. The lowest BCUT2D eigenvalue weighted by Crippen LogP contribution is -2.33. The smallest absolute Gasteiger partial charge is 0.321 e. The van der Waals surface area contributed by atoms with E-state index in [1.165, 1.54) is 4.90 Å². The third kappa shape index (κ3) is 4.97. The van der Waals surface area contributed by atoms with Crippen LogP contribution in [0.1, 0.15) is 17.5 Å². The maximum atomic E-state index is 12.2. The van der Waals surface area contributed by atoms with Crippen LogP contribution in [0.5, 0.6) is 11.5 Å². The lowest BCUT2D eigenvalue weighted by Gasteiger charge is -2.19. The van der Waals surface area contributed by atoms with Gasteiger partial charge >= 0.3 is 12.0 Å². The average molecular weight is 342 g/mol. The number of anilines is 1. The monoisotopic (exact) mass is 342 g/mol. The average Bonchev–Trinajstić information content (AvgIpc) is 2.57. The zero-order valence-electron chi connectivity index (χ0n) is 14.6. The van der Waals surface area contributed by atoms with E-state index in [0.717, 1.165) is 16.9 Å². The van der Waals surface area contributed by atoms with Crippen molar-refractivity contribution in [2.75, 3.05) is 18.9 Å². The van der Waals surface area contributed by atoms with Crippen molar-refractivity contribution in [1.29, 1.82) is 0 Å². The van der Waals surface area contributed by atoms with Gasteiger partial charge in [0.2, 0.25) is 0 Å². The van der Waals surface area contributed by atoms with Gasteiger partial charge in [-0.3, -0.25) is 4.79 Å². The Morgan fingerprint density at radius 2 is 1.72 bits per heavy atom. The number of carbonyl (C=O) groups excluding carboxylic acids is 1. The summed E-state index contributed by atoms with van der Waals surface area (Å²) in [6.45, 7) is 4.05. The first kappa shape index (κ1) is 18.3. The summed E-state index contributed by atoms with van der Waals surface area (Å²) in [7, 11) is 1.55. The lowest BCUT2D eigenvalue weighted by molar-refractivity contribution is -0.137. The first-order chi connectivity index (χ1) is 11.9. The van der Waals surface area contributed by atoms with Crippen LogP contribution in [0.25, 0.3) is 0 Å². The number of hydrogen-bond acceptors (Lipinski definition) is 3. The number of amides is 2. The Labute approximate surface area is 147 Å². The molecular formula is C19H22N2O4. The minimum absolute atomic E-state index is 0.107. The predicted octanol–water partition coefficient (Wildman–Crippen LogP) is 4.03. The van der Waals surface area contributed by atoms with E-state index in [2.05, 4.69) is 5.32 Å². The zero-order valence-corrected chi connectivity index (χ0v) is 14.6. The summed E-state index contributed by atoms with van der Waals surface area (Å²) in [5.74, 6) is 0.335. The summed E-state index contributed by atoms with van der Waals surface area (Å²) in [6.07, 6.45) is -0.107. The standard InChI is InChI=1S/C19H22N2O4/c1-13-7-6-8-14(2)18(13)25-16-10-5-4-9-15(16)20-19(24)21(3)12-11-17(22)23/h4-10H,11-12H2,1-3H3,(H,20,24)(H,22,23). The molecule has 0 saturated carbocycles. The number of carboxylic acids is 1. The molecule has 0 unspecified atom stereocenters. The first-order valence-corrected chi connectivity index (χ1v) is 7.95. The van der Waals surface area contributed by atoms with Gasteiger partial charge in [-0.25, -0.2) is 4.79 Å². The molecule has 6 heteroatoms. The minimum Gasteiger partial charge on any atom is -0.481 e. The number of aryl methyl sites for hydroxylation is 2. The van der Waals surface area contributed by atoms with Gasteiger partial charge in [-0.15, -0.1) is 0 Å². The van der Waals surface area contributed by atoms with E-state index in [9.17, 15) is 9.59 Å². The van der Waals surface area contributed by atoms with Gasteiger partial charge in [0, 0.05) is 13.6 Å². The highest BCUT2D eigenvalue weighted by molar-refractivity contribution is 5.91. The third-order valence-electron chi connectivity index (χ3n) is 3.76. The predicted molar refractivity (Wildman–Crippen MR) is 96.3 cm³/mol. The molecule has 132 valence electrons. The van der Waals surface area contributed by atoms with E-state index >= 15 is 0 Å². The maximum absolute atomic E-state index is 12.2. The topological polar surface area (TPSA) is 78.9 Å². The molecule has 2 rings (SSSR count). The quantitative estimate of drug-likeness (QED) is 0.830. The largest absolute Gasteiger partial charge is 0.481 e. The molecule has 25 heavy (non-hydrogen) atoms. The molecule has 0 saturated heterocycles. The van der Waals surface area contributed by atoms with Gasteiger partial charge in [-0.05, 0) is 37.1 Å². The summed E-state index contributed by atoms with van der Waals surface area (Å²) in [4.78, 5) is 24.2. The second-order valence-electron chi connectivity index (χ2n) is 5.81. The Kier molecular flexibility index (Phi) is 6.00. The number of ether oxygens (including phenoxy) is 1. The van der Waals surface area contributed by atoms with Gasteiger partial charge in [0.25, 0.3) is 0 Å². The van der Waals surface area contributed by atoms with Crippen LogP contribution in [0.3, 0.4) is 0 Å². The molecule has 0 aliphatic carbocycles. The van der Waals surface area contributed by atoms with E-state index in [-0.39, 0.29) is 19.0 Å². The van der Waals surface area contributed by atoms with Crippen molar-refractivity contribution >= 4 is 17.7 Å². The summed E-state index contributed by atoms with van der Waals surface area (Å²) in [6, 6.07) is 12.6. The third-order valence-corrected chi connectivity index (χ3v) is 3.76. The number of carboxylic acid groups (broad SMARTS) is 1. The summed E-state index contributed by atoms with van der Waals surface area (Å²) in [5, 5.41) is 11.5. The van der Waals surface area contributed by atoms with E-state index < -0.39 is 5.97 Å². The second kappa shape index (κ2) is 8.19. The van der Waals surface area contributed by atoms with Gasteiger partial charge in [-0.1, -0.05) is 30.3 Å². The fourth-order valence-electron chi connectivity index (χ4n) is 2.30. The zero-order chi connectivity index (χ0) is 18.4. The number of nitrogens with one attached hydrogen (secondary N) is 1. The normalized spacial score (nSPS) is 10.2. The van der Waals surface area contributed by atoms with Crippen molar-refractivity contribution in [3.05, 3.63) is 53.6 Å². The van der Waals surface area contributed by atoms with Crippen LogP contribution in [-0.2, 0) is 4.79 Å². The molecule has 0 bridgehead atoms. The second-order valence-corrected chi connectivity index (χ2v) is 5.81. The van der Waals surface area contributed by atoms with E-state index in [0.29, 0.717) is 11.4 Å². The van der Waals surface area contributed by atoms with Crippen molar-refractivity contribution in [1.82, 2.24) is 4.90 Å². The Bertz CT molecular complexity index is 754. The molecule has 2 amide bonds. The number of nitrogens with zero attached hydrogens (tertiary/aromatic N) is 1. The Hall–Kier alpha value is -3.02. The molecular weight excluding hydrogens is 320 g/mol. The van der Waals surface area contributed by atoms with E-state index in [1.54, 1.807) is 25.2 Å². The van der Waals surface area contributed by atoms with Crippen LogP contribution in [0.2, 0.25) is 0 Å². The molecule has 0 aliphatic heterocycles. The van der Waals surface area contributed by atoms with Gasteiger partial charge in [-0.2, -0.15) is 0 Å². The molecule has 0 radical (unpaired) electrons. The molecule has 2 aromatic carbocycles. The molecule has 0 heterocycles. The number of hydrogen-bond donors (Lipinski definition) is 2.